The molecule has 3 aromatic rings. The van der Waals surface area contributed by atoms with Crippen LogP contribution in [0.4, 0.5) is 10.1 Å². The fourth-order valence-electron chi connectivity index (χ4n) is 4.12. The highest BCUT2D eigenvalue weighted by atomic mass is 35.5. The van der Waals surface area contributed by atoms with E-state index in [1.54, 1.807) is 12.1 Å². The second kappa shape index (κ2) is 6.68. The summed E-state index contributed by atoms with van der Waals surface area (Å²) in [5.41, 5.74) is 3.46. The molecule has 0 fully saturated rings. The molecule has 0 bridgehead atoms. The molecule has 0 N–H and O–H groups in total. The molecule has 7 heteroatoms. The van der Waals surface area contributed by atoms with Gasteiger partial charge in [0.05, 0.1) is 22.2 Å². The zero-order valence-electron chi connectivity index (χ0n) is 14.9. The first-order chi connectivity index (χ1) is 13.5. The largest absolute Gasteiger partial charge is 0.471 e. The normalized spacial score (nSPS) is 15.9. The lowest BCUT2D eigenvalue weighted by molar-refractivity contribution is 0.289. The van der Waals surface area contributed by atoms with Crippen LogP contribution in [0.15, 0.2) is 33.5 Å². The minimum Gasteiger partial charge on any atom is -0.471 e. The third-order valence-electron chi connectivity index (χ3n) is 5.50. The molecule has 0 spiro atoms. The average molecular weight is 420 g/mol. The van der Waals surface area contributed by atoms with Gasteiger partial charge in [-0.15, -0.1) is 0 Å². The Hall–Kier alpha value is -2.24. The van der Waals surface area contributed by atoms with Crippen molar-refractivity contribution in [2.75, 3.05) is 11.6 Å². The first-order valence-electron chi connectivity index (χ1n) is 9.15. The van der Waals surface area contributed by atoms with Crippen molar-refractivity contribution in [2.24, 2.45) is 0 Å². The standard InChI is InChI=1S/C21H16Cl2FNO3/c22-16-7-11(5-6-18(16)24)25-9-15-19-14(8-17(23)20(15)27-10-25)12-3-1-2-4-13(12)21(26)28-19/h5-8H,1-4,9-10H2. The van der Waals surface area contributed by atoms with Gasteiger partial charge in [-0.05, 0) is 55.5 Å². The smallest absolute Gasteiger partial charge is 0.339 e. The van der Waals surface area contributed by atoms with Crippen LogP contribution in [-0.2, 0) is 19.4 Å². The lowest BCUT2D eigenvalue weighted by Gasteiger charge is -2.32. The highest BCUT2D eigenvalue weighted by Gasteiger charge is 2.28. The van der Waals surface area contributed by atoms with Gasteiger partial charge in [-0.1, -0.05) is 23.2 Å². The van der Waals surface area contributed by atoms with Gasteiger partial charge in [0.25, 0.3) is 0 Å². The Balaban J connectivity index is 1.67. The maximum absolute atomic E-state index is 13.5. The minimum absolute atomic E-state index is 0.0415. The number of hydrogen-bond acceptors (Lipinski definition) is 4. The van der Waals surface area contributed by atoms with E-state index in [1.165, 1.54) is 6.07 Å². The Kier molecular flexibility index (Phi) is 4.25. The molecule has 0 radical (unpaired) electrons. The molecular formula is C21H16Cl2FNO3. The summed E-state index contributed by atoms with van der Waals surface area (Å²) >= 11 is 12.4. The number of aryl methyl sites for hydroxylation is 1. The maximum atomic E-state index is 13.5. The van der Waals surface area contributed by atoms with Gasteiger partial charge in [0.1, 0.15) is 17.1 Å². The molecule has 1 aliphatic carbocycles. The Morgan fingerprint density at radius 2 is 1.79 bits per heavy atom. The Morgan fingerprint density at radius 3 is 2.57 bits per heavy atom. The monoisotopic (exact) mass is 419 g/mol. The van der Waals surface area contributed by atoms with Gasteiger partial charge >= 0.3 is 5.63 Å². The van der Waals surface area contributed by atoms with Crippen molar-refractivity contribution in [1.82, 2.24) is 0 Å². The van der Waals surface area contributed by atoms with Gasteiger partial charge < -0.3 is 14.1 Å². The van der Waals surface area contributed by atoms with Crippen molar-refractivity contribution in [3.05, 3.63) is 67.2 Å². The fraction of sp³-hybridized carbons (Fsp3) is 0.286. The molecule has 0 unspecified atom stereocenters. The molecule has 0 atom stereocenters. The lowest BCUT2D eigenvalue weighted by atomic mass is 9.90. The Labute approximate surface area is 170 Å². The SMILES string of the molecule is O=c1oc2c3c(c(Cl)cc2c2c1CCCC2)OCN(c1ccc(F)c(Cl)c1)C3. The molecule has 1 aromatic heterocycles. The van der Waals surface area contributed by atoms with Crippen molar-refractivity contribution in [3.63, 3.8) is 0 Å². The highest BCUT2D eigenvalue weighted by molar-refractivity contribution is 6.33. The maximum Gasteiger partial charge on any atom is 0.339 e. The second-order valence-electron chi connectivity index (χ2n) is 7.17. The van der Waals surface area contributed by atoms with Crippen molar-refractivity contribution in [2.45, 2.75) is 32.2 Å². The molecule has 2 aliphatic rings. The van der Waals surface area contributed by atoms with E-state index in [0.29, 0.717) is 28.6 Å². The molecular weight excluding hydrogens is 404 g/mol. The van der Waals surface area contributed by atoms with Crippen LogP contribution >= 0.6 is 23.2 Å². The van der Waals surface area contributed by atoms with Crippen molar-refractivity contribution >= 4 is 39.9 Å². The Morgan fingerprint density at radius 1 is 1.00 bits per heavy atom. The van der Waals surface area contributed by atoms with Crippen LogP contribution in [0, 0.1) is 5.82 Å². The van der Waals surface area contributed by atoms with Crippen LogP contribution in [0.25, 0.3) is 11.0 Å². The van der Waals surface area contributed by atoms with E-state index in [-0.39, 0.29) is 17.4 Å². The number of halogens is 3. The van der Waals surface area contributed by atoms with E-state index < -0.39 is 5.82 Å². The molecule has 1 aliphatic heterocycles. The average Bonchev–Trinajstić information content (AvgIpc) is 2.71. The molecule has 28 heavy (non-hydrogen) atoms. The van der Waals surface area contributed by atoms with E-state index in [2.05, 4.69) is 0 Å². The predicted molar refractivity (Wildman–Crippen MR) is 107 cm³/mol. The number of ether oxygens (including phenoxy) is 1. The molecule has 5 rings (SSSR count). The summed E-state index contributed by atoms with van der Waals surface area (Å²) in [5.74, 6) is 0.0485. The molecule has 0 saturated carbocycles. The van der Waals surface area contributed by atoms with Crippen molar-refractivity contribution in [1.29, 1.82) is 0 Å². The van der Waals surface area contributed by atoms with Gasteiger partial charge in [0, 0.05) is 16.6 Å². The molecule has 4 nitrogen and oxygen atoms in total. The van der Waals surface area contributed by atoms with Crippen LogP contribution in [0.3, 0.4) is 0 Å². The van der Waals surface area contributed by atoms with Crippen molar-refractivity contribution < 1.29 is 13.5 Å². The quantitative estimate of drug-likeness (QED) is 0.490. The van der Waals surface area contributed by atoms with E-state index in [1.807, 2.05) is 11.0 Å². The third-order valence-corrected chi connectivity index (χ3v) is 6.07. The molecule has 0 amide bonds. The summed E-state index contributed by atoms with van der Waals surface area (Å²) in [6, 6.07) is 6.35. The van der Waals surface area contributed by atoms with E-state index in [4.69, 9.17) is 32.4 Å². The predicted octanol–water partition coefficient (Wildman–Crippen LogP) is 5.47. The summed E-state index contributed by atoms with van der Waals surface area (Å²) in [4.78, 5) is 14.5. The Bertz CT molecular complexity index is 1170. The molecule has 2 aromatic carbocycles. The number of fused-ring (bicyclic) bond motifs is 5. The summed E-state index contributed by atoms with van der Waals surface area (Å²) in [6.45, 7) is 0.644. The summed E-state index contributed by atoms with van der Waals surface area (Å²) < 4.78 is 25.1. The molecule has 2 heterocycles. The molecule has 0 saturated heterocycles. The van der Waals surface area contributed by atoms with Gasteiger partial charge in [0.15, 0.2) is 6.73 Å². The van der Waals surface area contributed by atoms with Gasteiger partial charge in [-0.25, -0.2) is 9.18 Å². The van der Waals surface area contributed by atoms with Gasteiger partial charge in [0.2, 0.25) is 0 Å². The van der Waals surface area contributed by atoms with Gasteiger partial charge in [-0.2, -0.15) is 0 Å². The third kappa shape index (κ3) is 2.76. The first-order valence-corrected chi connectivity index (χ1v) is 9.91. The second-order valence-corrected chi connectivity index (χ2v) is 7.98. The van der Waals surface area contributed by atoms with E-state index >= 15 is 0 Å². The van der Waals surface area contributed by atoms with Gasteiger partial charge in [-0.3, -0.25) is 0 Å². The fourth-order valence-corrected chi connectivity index (χ4v) is 4.57. The topological polar surface area (TPSA) is 42.7 Å². The number of benzene rings is 2. The van der Waals surface area contributed by atoms with Crippen LogP contribution < -0.4 is 15.3 Å². The van der Waals surface area contributed by atoms with Crippen LogP contribution in [0.1, 0.15) is 29.5 Å². The number of nitrogens with zero attached hydrogens (tertiary/aromatic N) is 1. The van der Waals surface area contributed by atoms with Crippen LogP contribution in [-0.4, -0.2) is 6.73 Å². The van der Waals surface area contributed by atoms with Crippen molar-refractivity contribution in [3.8, 4) is 5.75 Å². The minimum atomic E-state index is -0.477. The number of rotatable bonds is 1. The summed E-state index contributed by atoms with van der Waals surface area (Å²) in [7, 11) is 0. The zero-order chi connectivity index (χ0) is 19.4. The lowest BCUT2D eigenvalue weighted by Crippen LogP contribution is -2.32. The van der Waals surface area contributed by atoms with E-state index in [0.717, 1.165) is 47.8 Å². The molecule has 144 valence electrons. The summed E-state index contributed by atoms with van der Waals surface area (Å²) in [6.07, 6.45) is 3.60. The summed E-state index contributed by atoms with van der Waals surface area (Å²) in [5, 5.41) is 1.42. The number of hydrogen-bond donors (Lipinski definition) is 0. The van der Waals surface area contributed by atoms with Crippen LogP contribution in [0.2, 0.25) is 10.0 Å². The first kappa shape index (κ1) is 17.8. The highest BCUT2D eigenvalue weighted by Crippen LogP contribution is 2.41. The number of anilines is 1. The van der Waals surface area contributed by atoms with E-state index in [9.17, 15) is 9.18 Å². The van der Waals surface area contributed by atoms with Crippen LogP contribution in [0.5, 0.6) is 5.75 Å². The zero-order valence-corrected chi connectivity index (χ0v) is 16.4.